The highest BCUT2D eigenvalue weighted by molar-refractivity contribution is 5.78. The van der Waals surface area contributed by atoms with Crippen LogP contribution in [0.3, 0.4) is 0 Å². The normalized spacial score (nSPS) is 17.2. The van der Waals surface area contributed by atoms with Crippen LogP contribution in [0, 0.1) is 0 Å². The molecule has 0 radical (unpaired) electrons. The molecule has 5 heteroatoms. The monoisotopic (exact) mass is 287 g/mol. The zero-order valence-electron chi connectivity index (χ0n) is 12.6. The van der Waals surface area contributed by atoms with Gasteiger partial charge in [0.1, 0.15) is 5.75 Å². The Morgan fingerprint density at radius 2 is 2.10 bits per heavy atom. The summed E-state index contributed by atoms with van der Waals surface area (Å²) in [6.07, 6.45) is 4.18. The number of likely N-dealkylation sites (tertiary alicyclic amines) is 1. The number of benzene rings is 1. The first-order chi connectivity index (χ1) is 10.2. The van der Waals surface area contributed by atoms with E-state index in [-0.39, 0.29) is 11.6 Å². The minimum atomic E-state index is 0.00518. The Morgan fingerprint density at radius 3 is 2.81 bits per heavy atom. The Kier molecular flexibility index (Phi) is 3.92. The fraction of sp³-hybridized carbons (Fsp3) is 0.500. The van der Waals surface area contributed by atoms with E-state index >= 15 is 0 Å². The van der Waals surface area contributed by atoms with Gasteiger partial charge in [-0.15, -0.1) is 0 Å². The second-order valence-electron chi connectivity index (χ2n) is 5.70. The van der Waals surface area contributed by atoms with E-state index in [2.05, 4.69) is 16.8 Å². The molecular formula is C16H21N3O2. The zero-order chi connectivity index (χ0) is 14.8. The molecule has 1 aliphatic rings. The maximum atomic E-state index is 12.7. The van der Waals surface area contributed by atoms with E-state index in [1.165, 1.54) is 12.8 Å². The lowest BCUT2D eigenvalue weighted by Gasteiger charge is -2.22. The number of rotatable bonds is 4. The van der Waals surface area contributed by atoms with Crippen molar-refractivity contribution in [2.45, 2.75) is 25.8 Å². The van der Waals surface area contributed by atoms with Crippen molar-refractivity contribution in [1.82, 2.24) is 14.5 Å². The highest BCUT2D eigenvalue weighted by Gasteiger charge is 2.17. The topological polar surface area (TPSA) is 47.4 Å². The number of hydrogen-bond acceptors (Lipinski definition) is 4. The van der Waals surface area contributed by atoms with Gasteiger partial charge < -0.3 is 9.64 Å². The summed E-state index contributed by atoms with van der Waals surface area (Å²) < 4.78 is 6.94. The van der Waals surface area contributed by atoms with Crippen LogP contribution < -0.4 is 10.3 Å². The zero-order valence-corrected chi connectivity index (χ0v) is 12.6. The van der Waals surface area contributed by atoms with Crippen LogP contribution in [0.2, 0.25) is 0 Å². The first-order valence-electron chi connectivity index (χ1n) is 7.46. The summed E-state index contributed by atoms with van der Waals surface area (Å²) in [6, 6.07) is 5.54. The molecular weight excluding hydrogens is 266 g/mol. The molecule has 2 aromatic rings. The Balaban J connectivity index is 1.94. The third-order valence-electron chi connectivity index (χ3n) is 4.19. The van der Waals surface area contributed by atoms with Crippen molar-refractivity contribution in [2.75, 3.05) is 26.7 Å². The van der Waals surface area contributed by atoms with Crippen molar-refractivity contribution in [3.8, 4) is 5.75 Å². The quantitative estimate of drug-likeness (QED) is 0.863. The van der Waals surface area contributed by atoms with Gasteiger partial charge in [-0.3, -0.25) is 9.36 Å². The number of nitrogens with zero attached hydrogens (tertiary/aromatic N) is 3. The number of hydrogen-bond donors (Lipinski definition) is 0. The summed E-state index contributed by atoms with van der Waals surface area (Å²) in [7, 11) is 1.60. The van der Waals surface area contributed by atoms with Gasteiger partial charge in [-0.25, -0.2) is 4.98 Å². The SMILES string of the molecule is COc1ccc2ncn([C@@H](C)CN3CCCC3)c(=O)c2c1. The lowest BCUT2D eigenvalue weighted by molar-refractivity contribution is 0.284. The molecule has 2 heterocycles. The van der Waals surface area contributed by atoms with Crippen LogP contribution in [-0.4, -0.2) is 41.2 Å². The van der Waals surface area contributed by atoms with Gasteiger partial charge in [0.05, 0.1) is 24.3 Å². The van der Waals surface area contributed by atoms with Crippen LogP contribution >= 0.6 is 0 Å². The first-order valence-corrected chi connectivity index (χ1v) is 7.46. The van der Waals surface area contributed by atoms with E-state index in [1.54, 1.807) is 24.1 Å². The molecule has 1 atom stereocenters. The number of aromatic nitrogens is 2. The van der Waals surface area contributed by atoms with Crippen molar-refractivity contribution in [2.24, 2.45) is 0 Å². The van der Waals surface area contributed by atoms with Gasteiger partial charge in [-0.05, 0) is 51.1 Å². The molecule has 1 saturated heterocycles. The fourth-order valence-corrected chi connectivity index (χ4v) is 2.98. The predicted molar refractivity (Wildman–Crippen MR) is 82.9 cm³/mol. The number of fused-ring (bicyclic) bond motifs is 1. The Bertz CT molecular complexity index is 689. The molecule has 112 valence electrons. The third kappa shape index (κ3) is 2.78. The van der Waals surface area contributed by atoms with Gasteiger partial charge in [0, 0.05) is 12.6 Å². The van der Waals surface area contributed by atoms with Crippen molar-refractivity contribution < 1.29 is 4.74 Å². The predicted octanol–water partition coefficient (Wildman–Crippen LogP) is 2.06. The van der Waals surface area contributed by atoms with Gasteiger partial charge in [0.15, 0.2) is 0 Å². The molecule has 0 bridgehead atoms. The second kappa shape index (κ2) is 5.85. The van der Waals surface area contributed by atoms with Crippen molar-refractivity contribution >= 4 is 10.9 Å². The number of ether oxygens (including phenoxy) is 1. The second-order valence-corrected chi connectivity index (χ2v) is 5.70. The van der Waals surface area contributed by atoms with Crippen LogP contribution in [0.25, 0.3) is 10.9 Å². The van der Waals surface area contributed by atoms with E-state index in [0.29, 0.717) is 16.7 Å². The molecule has 0 saturated carbocycles. The summed E-state index contributed by atoms with van der Waals surface area (Å²) in [5, 5.41) is 0.616. The van der Waals surface area contributed by atoms with Crippen molar-refractivity contribution in [1.29, 1.82) is 0 Å². The van der Waals surface area contributed by atoms with Gasteiger partial charge in [-0.2, -0.15) is 0 Å². The summed E-state index contributed by atoms with van der Waals surface area (Å²) in [5.41, 5.74) is 0.719. The molecule has 1 aliphatic heterocycles. The van der Waals surface area contributed by atoms with E-state index < -0.39 is 0 Å². The fourth-order valence-electron chi connectivity index (χ4n) is 2.98. The summed E-state index contributed by atoms with van der Waals surface area (Å²) in [4.78, 5) is 19.5. The van der Waals surface area contributed by atoms with Crippen LogP contribution in [0.1, 0.15) is 25.8 Å². The summed E-state index contributed by atoms with van der Waals surface area (Å²) in [5.74, 6) is 0.686. The molecule has 5 nitrogen and oxygen atoms in total. The average molecular weight is 287 g/mol. The lowest BCUT2D eigenvalue weighted by atomic mass is 10.2. The van der Waals surface area contributed by atoms with Crippen LogP contribution in [0.5, 0.6) is 5.75 Å². The number of methoxy groups -OCH3 is 1. The molecule has 0 amide bonds. The smallest absolute Gasteiger partial charge is 0.261 e. The molecule has 0 spiro atoms. The first kappa shape index (κ1) is 14.1. The van der Waals surface area contributed by atoms with Crippen LogP contribution in [0.15, 0.2) is 29.3 Å². The summed E-state index contributed by atoms with van der Waals surface area (Å²) >= 11 is 0. The minimum Gasteiger partial charge on any atom is -0.497 e. The minimum absolute atomic E-state index is 0.00518. The summed E-state index contributed by atoms with van der Waals surface area (Å²) in [6.45, 7) is 5.24. The molecule has 0 N–H and O–H groups in total. The van der Waals surface area contributed by atoms with Crippen molar-refractivity contribution in [3.63, 3.8) is 0 Å². The lowest BCUT2D eigenvalue weighted by Crippen LogP contribution is -2.32. The molecule has 21 heavy (non-hydrogen) atoms. The maximum absolute atomic E-state index is 12.7. The van der Waals surface area contributed by atoms with Gasteiger partial charge in [0.25, 0.3) is 5.56 Å². The molecule has 0 unspecified atom stereocenters. The van der Waals surface area contributed by atoms with Crippen LogP contribution in [-0.2, 0) is 0 Å². The van der Waals surface area contributed by atoms with Gasteiger partial charge >= 0.3 is 0 Å². The largest absolute Gasteiger partial charge is 0.497 e. The Morgan fingerprint density at radius 1 is 1.33 bits per heavy atom. The van der Waals surface area contributed by atoms with E-state index in [9.17, 15) is 4.79 Å². The van der Waals surface area contributed by atoms with Gasteiger partial charge in [0.2, 0.25) is 0 Å². The molecule has 3 rings (SSSR count). The van der Waals surface area contributed by atoms with Gasteiger partial charge in [-0.1, -0.05) is 0 Å². The highest BCUT2D eigenvalue weighted by Crippen LogP contribution is 2.17. The molecule has 1 aromatic heterocycles. The third-order valence-corrected chi connectivity index (χ3v) is 4.19. The standard InChI is InChI=1S/C16H21N3O2/c1-12(10-18-7-3-4-8-18)19-11-17-15-6-5-13(21-2)9-14(15)16(19)20/h5-6,9,11-12H,3-4,7-8,10H2,1-2H3/t12-/m0/s1. The van der Waals surface area contributed by atoms with Crippen molar-refractivity contribution in [3.05, 3.63) is 34.9 Å². The highest BCUT2D eigenvalue weighted by atomic mass is 16.5. The van der Waals surface area contributed by atoms with Crippen LogP contribution in [0.4, 0.5) is 0 Å². The average Bonchev–Trinajstić information content (AvgIpc) is 3.00. The Labute approximate surface area is 124 Å². The maximum Gasteiger partial charge on any atom is 0.261 e. The van der Waals surface area contributed by atoms with E-state index in [1.807, 2.05) is 12.1 Å². The molecule has 0 aliphatic carbocycles. The van der Waals surface area contributed by atoms with E-state index in [0.717, 1.165) is 19.6 Å². The Hall–Kier alpha value is -1.88. The molecule has 1 aromatic carbocycles. The molecule has 1 fully saturated rings. The van der Waals surface area contributed by atoms with E-state index in [4.69, 9.17) is 4.74 Å².